The maximum absolute atomic E-state index is 16.6. The van der Waals surface area contributed by atoms with Crippen LogP contribution in [0.5, 0.6) is 11.9 Å². The molecule has 3 aromatic rings. The first-order chi connectivity index (χ1) is 22.4. The first-order valence-corrected chi connectivity index (χ1v) is 16.3. The van der Waals surface area contributed by atoms with Crippen molar-refractivity contribution >= 4 is 22.5 Å². The zero-order valence-electron chi connectivity index (χ0n) is 26.6. The summed E-state index contributed by atoms with van der Waals surface area (Å²) >= 11 is 0. The van der Waals surface area contributed by atoms with Crippen molar-refractivity contribution < 1.29 is 31.8 Å². The minimum atomic E-state index is -4.85. The number of halogens is 4. The molecule has 0 radical (unpaired) electrons. The molecular formula is C32H40F4N8O3. The van der Waals surface area contributed by atoms with Gasteiger partial charge in [-0.1, -0.05) is 0 Å². The number of likely N-dealkylation sites (tertiary alicyclic amines) is 1. The van der Waals surface area contributed by atoms with Crippen molar-refractivity contribution in [2.45, 2.75) is 70.3 Å². The number of nitrogens with zero attached hydrogens (tertiary/aromatic N) is 5. The second-order valence-corrected chi connectivity index (χ2v) is 13.5. The summed E-state index contributed by atoms with van der Waals surface area (Å²) in [4.78, 5) is 19.6. The van der Waals surface area contributed by atoms with Crippen LogP contribution in [0, 0.1) is 18.2 Å². The molecule has 47 heavy (non-hydrogen) atoms. The lowest BCUT2D eigenvalue weighted by Crippen LogP contribution is -2.65. The number of ether oxygens (including phenoxy) is 3. The smallest absolute Gasteiger partial charge is 0.418 e. The van der Waals surface area contributed by atoms with Gasteiger partial charge in [0.15, 0.2) is 5.82 Å². The molecule has 6 heterocycles. The molecule has 1 unspecified atom stereocenters. The van der Waals surface area contributed by atoms with Crippen LogP contribution in [0.2, 0.25) is 0 Å². The van der Waals surface area contributed by atoms with Crippen LogP contribution in [0.1, 0.15) is 56.7 Å². The lowest BCUT2D eigenvalue weighted by molar-refractivity contribution is -0.170. The van der Waals surface area contributed by atoms with E-state index in [9.17, 15) is 13.2 Å². The number of hydrogen-bond acceptors (Lipinski definition) is 11. The zero-order chi connectivity index (χ0) is 33.0. The maximum atomic E-state index is 16.6. The number of alkyl halides is 3. The third-order valence-corrected chi connectivity index (χ3v) is 9.61. The molecule has 3 aromatic heterocycles. The fourth-order valence-electron chi connectivity index (χ4n) is 7.02. The van der Waals surface area contributed by atoms with Gasteiger partial charge in [-0.05, 0) is 65.0 Å². The van der Waals surface area contributed by atoms with Crippen LogP contribution in [0.3, 0.4) is 0 Å². The van der Waals surface area contributed by atoms with Gasteiger partial charge in [0.25, 0.3) is 0 Å². The van der Waals surface area contributed by atoms with E-state index in [1.54, 1.807) is 0 Å². The Labute approximate surface area is 270 Å². The van der Waals surface area contributed by atoms with Gasteiger partial charge >= 0.3 is 12.2 Å². The minimum absolute atomic E-state index is 0.0158. The second-order valence-electron chi connectivity index (χ2n) is 13.5. The molecule has 2 saturated heterocycles. The molecule has 4 aliphatic rings. The van der Waals surface area contributed by atoms with E-state index in [1.807, 2.05) is 6.92 Å². The molecule has 1 atom stereocenters. The Balaban J connectivity index is 1.26. The lowest BCUT2D eigenvalue weighted by atomic mass is 9.85. The van der Waals surface area contributed by atoms with Crippen LogP contribution in [0.25, 0.3) is 22.2 Å². The highest BCUT2D eigenvalue weighted by atomic mass is 19.4. The van der Waals surface area contributed by atoms with Crippen molar-refractivity contribution in [3.63, 3.8) is 0 Å². The van der Waals surface area contributed by atoms with Crippen molar-refractivity contribution in [2.24, 2.45) is 5.41 Å². The third-order valence-electron chi connectivity index (χ3n) is 9.61. The van der Waals surface area contributed by atoms with Crippen molar-refractivity contribution in [3.8, 4) is 23.1 Å². The van der Waals surface area contributed by atoms with Gasteiger partial charge in [-0.3, -0.25) is 4.90 Å². The standard InChI is InChI=1S/C32H40F4N8O3/c1-18-5-9-38-10-11-39-27-22-26(24(33)25(41-28(22)47-18)20-13-21(37)40-19(2)23(20)32(34,35)36)42-29(43-27)45-17-30(7-8-30)14-44-15-31(16-44)6-3-4-12-46-31/h13,18,38H,3-12,14-17H2,1-2H3,(H2,37,40)(H,39,42,43). The Hall–Kier alpha value is -3.56. The summed E-state index contributed by atoms with van der Waals surface area (Å²) in [5.41, 5.74) is 2.84. The molecule has 1 saturated carbocycles. The number of anilines is 2. The Morgan fingerprint density at radius 3 is 2.62 bits per heavy atom. The van der Waals surface area contributed by atoms with Gasteiger partial charge in [0, 0.05) is 50.3 Å². The molecule has 11 nitrogen and oxygen atoms in total. The fourth-order valence-corrected chi connectivity index (χ4v) is 7.02. The van der Waals surface area contributed by atoms with E-state index in [4.69, 9.17) is 19.9 Å². The highest BCUT2D eigenvalue weighted by Gasteiger charge is 2.51. The van der Waals surface area contributed by atoms with Crippen LogP contribution >= 0.6 is 0 Å². The maximum Gasteiger partial charge on any atom is 0.418 e. The minimum Gasteiger partial charge on any atom is -0.474 e. The van der Waals surface area contributed by atoms with E-state index in [1.165, 1.54) is 13.3 Å². The predicted octanol–water partition coefficient (Wildman–Crippen LogP) is 4.72. The molecule has 3 aliphatic heterocycles. The van der Waals surface area contributed by atoms with E-state index in [0.29, 0.717) is 32.7 Å². The van der Waals surface area contributed by atoms with Gasteiger partial charge in [-0.25, -0.2) is 14.4 Å². The second kappa shape index (κ2) is 12.2. The van der Waals surface area contributed by atoms with Crippen molar-refractivity contribution in [3.05, 3.63) is 23.1 Å². The highest BCUT2D eigenvalue weighted by Crippen LogP contribution is 2.49. The molecule has 15 heteroatoms. The van der Waals surface area contributed by atoms with E-state index in [0.717, 1.165) is 58.0 Å². The topological polar surface area (TPSA) is 133 Å². The van der Waals surface area contributed by atoms with E-state index < -0.39 is 40.6 Å². The summed E-state index contributed by atoms with van der Waals surface area (Å²) in [5, 5.41) is 6.63. The largest absolute Gasteiger partial charge is 0.474 e. The van der Waals surface area contributed by atoms with Gasteiger partial charge in [-0.2, -0.15) is 23.1 Å². The predicted molar refractivity (Wildman–Crippen MR) is 167 cm³/mol. The number of nitrogens with one attached hydrogen (secondary N) is 2. The molecule has 7 rings (SSSR count). The Morgan fingerprint density at radius 1 is 1.09 bits per heavy atom. The number of rotatable bonds is 6. The summed E-state index contributed by atoms with van der Waals surface area (Å²) < 4.78 is 78.0. The molecule has 3 fully saturated rings. The first kappa shape index (κ1) is 32.0. The molecule has 1 spiro atoms. The van der Waals surface area contributed by atoms with Gasteiger partial charge in [0.1, 0.15) is 28.2 Å². The van der Waals surface area contributed by atoms with Gasteiger partial charge in [0.2, 0.25) is 5.88 Å². The summed E-state index contributed by atoms with van der Waals surface area (Å²) in [6.07, 6.45) is 0.667. The number of pyridine rings is 2. The molecule has 1 aliphatic carbocycles. The van der Waals surface area contributed by atoms with Crippen LogP contribution < -0.4 is 25.8 Å². The van der Waals surface area contributed by atoms with Crippen LogP contribution in [0.15, 0.2) is 6.07 Å². The Kier molecular flexibility index (Phi) is 8.28. The fraction of sp³-hybridized carbons (Fsp3) is 0.625. The van der Waals surface area contributed by atoms with E-state index >= 15 is 4.39 Å². The SMILES string of the molecule is Cc1nc(N)cc(-c2nc3c4c(nc(OCC5(CN6CC7(CCCCO7)C6)CC5)nc4c2F)NCCNCCC(C)O3)c1C(F)(F)F. The summed E-state index contributed by atoms with van der Waals surface area (Å²) in [5.74, 6) is -1.14. The quantitative estimate of drug-likeness (QED) is 0.317. The van der Waals surface area contributed by atoms with Crippen molar-refractivity contribution in [1.29, 1.82) is 0 Å². The lowest BCUT2D eigenvalue weighted by Gasteiger charge is -2.52. The Bertz CT molecular complexity index is 1650. The van der Waals surface area contributed by atoms with Crippen LogP contribution in [-0.2, 0) is 10.9 Å². The molecule has 4 N–H and O–H groups in total. The molecule has 0 aromatic carbocycles. The summed E-state index contributed by atoms with van der Waals surface area (Å²) in [6, 6.07) is 0.895. The Morgan fingerprint density at radius 2 is 1.89 bits per heavy atom. The van der Waals surface area contributed by atoms with E-state index in [2.05, 4.69) is 35.5 Å². The monoisotopic (exact) mass is 660 g/mol. The molecular weight excluding hydrogens is 620 g/mol. The summed E-state index contributed by atoms with van der Waals surface area (Å²) in [6.45, 7) is 8.44. The van der Waals surface area contributed by atoms with Gasteiger partial charge in [-0.15, -0.1) is 0 Å². The van der Waals surface area contributed by atoms with Gasteiger partial charge < -0.3 is 30.6 Å². The first-order valence-electron chi connectivity index (χ1n) is 16.3. The average Bonchev–Trinajstić information content (AvgIpc) is 3.77. The van der Waals surface area contributed by atoms with Crippen LogP contribution in [-0.4, -0.2) is 89.0 Å². The van der Waals surface area contributed by atoms with E-state index in [-0.39, 0.29) is 45.4 Å². The number of aromatic nitrogens is 4. The molecule has 254 valence electrons. The normalized spacial score (nSPS) is 22.6. The molecule has 0 amide bonds. The summed E-state index contributed by atoms with van der Waals surface area (Å²) in [7, 11) is 0. The average molecular weight is 661 g/mol. The number of aryl methyl sites for hydroxylation is 1. The van der Waals surface area contributed by atoms with Gasteiger partial charge in [0.05, 0.1) is 29.6 Å². The van der Waals surface area contributed by atoms with Crippen LogP contribution in [0.4, 0.5) is 29.2 Å². The van der Waals surface area contributed by atoms with Crippen molar-refractivity contribution in [1.82, 2.24) is 30.2 Å². The molecule has 0 bridgehead atoms. The number of hydrogen-bond donors (Lipinski definition) is 3. The zero-order valence-corrected chi connectivity index (χ0v) is 26.6. The highest BCUT2D eigenvalue weighted by molar-refractivity contribution is 5.96. The number of nitrogen functional groups attached to an aromatic ring is 1. The number of nitrogens with two attached hydrogens (primary N) is 1. The third kappa shape index (κ3) is 6.49. The van der Waals surface area contributed by atoms with Crippen molar-refractivity contribution in [2.75, 3.05) is 63.5 Å².